The van der Waals surface area contributed by atoms with Gasteiger partial charge in [-0.05, 0) is 43.6 Å². The standard InChI is InChI=1S/C12H21N3/c1-2-15(11-7-13)10-3-4-12-5-8-14-9-6-12/h5-6,8-9H,2-4,7,10-11,13H2,1H3. The van der Waals surface area contributed by atoms with Gasteiger partial charge in [-0.2, -0.15) is 0 Å². The highest BCUT2D eigenvalue weighted by molar-refractivity contribution is 5.09. The molecule has 0 radical (unpaired) electrons. The van der Waals surface area contributed by atoms with E-state index in [1.807, 2.05) is 12.4 Å². The van der Waals surface area contributed by atoms with Gasteiger partial charge >= 0.3 is 0 Å². The SMILES string of the molecule is CCN(CCN)CCCc1ccncc1. The maximum absolute atomic E-state index is 5.54. The molecule has 0 saturated heterocycles. The van der Waals surface area contributed by atoms with Crippen LogP contribution in [0.1, 0.15) is 18.9 Å². The van der Waals surface area contributed by atoms with Crippen LogP contribution in [-0.4, -0.2) is 36.1 Å². The van der Waals surface area contributed by atoms with Crippen molar-refractivity contribution in [3.63, 3.8) is 0 Å². The number of aromatic nitrogens is 1. The molecule has 1 aromatic heterocycles. The molecule has 3 heteroatoms. The zero-order valence-corrected chi connectivity index (χ0v) is 9.52. The average molecular weight is 207 g/mol. The molecule has 0 amide bonds. The molecule has 0 aliphatic heterocycles. The molecule has 0 saturated carbocycles. The van der Waals surface area contributed by atoms with Crippen molar-refractivity contribution in [2.24, 2.45) is 5.73 Å². The molecular formula is C12H21N3. The first-order valence-corrected chi connectivity index (χ1v) is 5.68. The third-order valence-electron chi connectivity index (χ3n) is 2.58. The van der Waals surface area contributed by atoms with E-state index in [-0.39, 0.29) is 0 Å². The largest absolute Gasteiger partial charge is 0.329 e. The van der Waals surface area contributed by atoms with Gasteiger partial charge in [0.15, 0.2) is 0 Å². The Kier molecular flexibility index (Phi) is 5.97. The van der Waals surface area contributed by atoms with Crippen molar-refractivity contribution in [2.45, 2.75) is 19.8 Å². The van der Waals surface area contributed by atoms with Gasteiger partial charge in [-0.15, -0.1) is 0 Å². The van der Waals surface area contributed by atoms with E-state index in [9.17, 15) is 0 Å². The van der Waals surface area contributed by atoms with Gasteiger partial charge in [0.25, 0.3) is 0 Å². The van der Waals surface area contributed by atoms with Crippen LogP contribution in [0.2, 0.25) is 0 Å². The van der Waals surface area contributed by atoms with Crippen molar-refractivity contribution in [1.82, 2.24) is 9.88 Å². The van der Waals surface area contributed by atoms with Crippen LogP contribution in [0.3, 0.4) is 0 Å². The van der Waals surface area contributed by atoms with Crippen LogP contribution >= 0.6 is 0 Å². The van der Waals surface area contributed by atoms with Crippen molar-refractivity contribution in [2.75, 3.05) is 26.2 Å². The lowest BCUT2D eigenvalue weighted by atomic mass is 10.1. The lowest BCUT2D eigenvalue weighted by molar-refractivity contribution is 0.292. The Morgan fingerprint density at radius 2 is 2.00 bits per heavy atom. The Morgan fingerprint density at radius 3 is 2.60 bits per heavy atom. The van der Waals surface area contributed by atoms with Crippen LogP contribution in [0.15, 0.2) is 24.5 Å². The molecule has 0 bridgehead atoms. The van der Waals surface area contributed by atoms with Crippen LogP contribution in [0, 0.1) is 0 Å². The Morgan fingerprint density at radius 1 is 1.27 bits per heavy atom. The minimum Gasteiger partial charge on any atom is -0.329 e. The summed E-state index contributed by atoms with van der Waals surface area (Å²) in [5, 5.41) is 0. The van der Waals surface area contributed by atoms with Gasteiger partial charge in [-0.3, -0.25) is 4.98 Å². The molecule has 1 rings (SSSR count). The van der Waals surface area contributed by atoms with Crippen LogP contribution in [0.4, 0.5) is 0 Å². The van der Waals surface area contributed by atoms with Crippen molar-refractivity contribution in [1.29, 1.82) is 0 Å². The van der Waals surface area contributed by atoms with Gasteiger partial charge in [0.2, 0.25) is 0 Å². The predicted molar refractivity (Wildman–Crippen MR) is 63.7 cm³/mol. The third kappa shape index (κ3) is 4.91. The van der Waals surface area contributed by atoms with E-state index in [2.05, 4.69) is 28.9 Å². The molecule has 15 heavy (non-hydrogen) atoms. The molecule has 0 aliphatic carbocycles. The second-order valence-corrected chi connectivity index (χ2v) is 3.68. The molecule has 0 atom stereocenters. The second-order valence-electron chi connectivity index (χ2n) is 3.68. The summed E-state index contributed by atoms with van der Waals surface area (Å²) in [5.41, 5.74) is 6.91. The minimum atomic E-state index is 0.753. The summed E-state index contributed by atoms with van der Waals surface area (Å²) in [6, 6.07) is 4.17. The first-order valence-electron chi connectivity index (χ1n) is 5.68. The van der Waals surface area contributed by atoms with Crippen molar-refractivity contribution < 1.29 is 0 Å². The third-order valence-corrected chi connectivity index (χ3v) is 2.58. The molecule has 0 aliphatic rings. The van der Waals surface area contributed by atoms with Gasteiger partial charge in [0, 0.05) is 25.5 Å². The molecule has 0 unspecified atom stereocenters. The lowest BCUT2D eigenvalue weighted by Gasteiger charge is -2.18. The Balaban J connectivity index is 2.20. The van der Waals surface area contributed by atoms with Crippen molar-refractivity contribution >= 4 is 0 Å². The topological polar surface area (TPSA) is 42.1 Å². The smallest absolute Gasteiger partial charge is 0.0270 e. The number of pyridine rings is 1. The fourth-order valence-electron chi connectivity index (χ4n) is 1.67. The highest BCUT2D eigenvalue weighted by Gasteiger charge is 2.00. The maximum Gasteiger partial charge on any atom is 0.0270 e. The summed E-state index contributed by atoms with van der Waals surface area (Å²) in [6.45, 7) is 6.17. The van der Waals surface area contributed by atoms with Gasteiger partial charge in [-0.25, -0.2) is 0 Å². The fraction of sp³-hybridized carbons (Fsp3) is 0.583. The average Bonchev–Trinajstić information content (AvgIpc) is 2.29. The first kappa shape index (κ1) is 12.1. The molecule has 0 spiro atoms. The van der Waals surface area contributed by atoms with Crippen molar-refractivity contribution in [3.05, 3.63) is 30.1 Å². The van der Waals surface area contributed by atoms with Crippen LogP contribution < -0.4 is 5.73 Å². The number of nitrogens with zero attached hydrogens (tertiary/aromatic N) is 2. The van der Waals surface area contributed by atoms with Crippen LogP contribution in [0.25, 0.3) is 0 Å². The Hall–Kier alpha value is -0.930. The molecule has 0 fully saturated rings. The number of likely N-dealkylation sites (N-methyl/N-ethyl adjacent to an activating group) is 1. The van der Waals surface area contributed by atoms with Crippen LogP contribution in [-0.2, 0) is 6.42 Å². The summed E-state index contributed by atoms with van der Waals surface area (Å²) in [4.78, 5) is 6.40. The summed E-state index contributed by atoms with van der Waals surface area (Å²) in [6.07, 6.45) is 6.03. The van der Waals surface area contributed by atoms with Crippen LogP contribution in [0.5, 0.6) is 0 Å². The number of hydrogen-bond acceptors (Lipinski definition) is 3. The van der Waals surface area contributed by atoms with E-state index in [0.717, 1.165) is 32.6 Å². The molecule has 1 heterocycles. The molecule has 84 valence electrons. The Labute approximate surface area is 92.3 Å². The second kappa shape index (κ2) is 7.37. The number of nitrogens with two attached hydrogens (primary N) is 1. The molecule has 2 N–H and O–H groups in total. The lowest BCUT2D eigenvalue weighted by Crippen LogP contribution is -2.30. The highest BCUT2D eigenvalue weighted by atomic mass is 15.1. The summed E-state index contributed by atoms with van der Waals surface area (Å²) in [5.74, 6) is 0. The van der Waals surface area contributed by atoms with E-state index in [0.29, 0.717) is 0 Å². The van der Waals surface area contributed by atoms with Gasteiger partial charge in [-0.1, -0.05) is 6.92 Å². The van der Waals surface area contributed by atoms with Gasteiger partial charge in [0.1, 0.15) is 0 Å². The molecule has 1 aromatic rings. The number of aryl methyl sites for hydroxylation is 1. The van der Waals surface area contributed by atoms with E-state index in [1.54, 1.807) is 0 Å². The Bertz CT molecular complexity index is 248. The number of rotatable bonds is 7. The van der Waals surface area contributed by atoms with Gasteiger partial charge < -0.3 is 10.6 Å². The minimum absolute atomic E-state index is 0.753. The molecular weight excluding hydrogens is 186 g/mol. The van der Waals surface area contributed by atoms with E-state index in [4.69, 9.17) is 5.73 Å². The number of hydrogen-bond donors (Lipinski definition) is 1. The molecule has 3 nitrogen and oxygen atoms in total. The highest BCUT2D eigenvalue weighted by Crippen LogP contribution is 2.01. The normalized spacial score (nSPS) is 10.9. The van der Waals surface area contributed by atoms with Crippen molar-refractivity contribution in [3.8, 4) is 0 Å². The first-order chi connectivity index (χ1) is 7.36. The summed E-state index contributed by atoms with van der Waals surface area (Å²) >= 11 is 0. The predicted octanol–water partition coefficient (Wildman–Crippen LogP) is 1.29. The quantitative estimate of drug-likeness (QED) is 0.732. The zero-order chi connectivity index (χ0) is 10.9. The zero-order valence-electron chi connectivity index (χ0n) is 9.52. The summed E-state index contributed by atoms with van der Waals surface area (Å²) < 4.78 is 0. The van der Waals surface area contributed by atoms with E-state index < -0.39 is 0 Å². The van der Waals surface area contributed by atoms with E-state index >= 15 is 0 Å². The monoisotopic (exact) mass is 207 g/mol. The molecule has 0 aromatic carbocycles. The fourth-order valence-corrected chi connectivity index (χ4v) is 1.67. The summed E-state index contributed by atoms with van der Waals surface area (Å²) in [7, 11) is 0. The van der Waals surface area contributed by atoms with Gasteiger partial charge in [0.05, 0.1) is 0 Å². The maximum atomic E-state index is 5.54. The van der Waals surface area contributed by atoms with E-state index in [1.165, 1.54) is 12.0 Å².